The maximum Gasteiger partial charge on any atom is 0.131 e. The molecule has 0 aliphatic heterocycles. The highest BCUT2D eigenvalue weighted by molar-refractivity contribution is 7.98. The Morgan fingerprint density at radius 2 is 2.12 bits per heavy atom. The molecule has 1 aromatic carbocycles. The van der Waals surface area contributed by atoms with Crippen molar-refractivity contribution in [3.63, 3.8) is 0 Å². The van der Waals surface area contributed by atoms with Crippen LogP contribution in [0.15, 0.2) is 23.1 Å². The second kappa shape index (κ2) is 5.23. The Hall–Kier alpha value is -0.490. The molecule has 0 unspecified atom stereocenters. The van der Waals surface area contributed by atoms with Crippen molar-refractivity contribution < 1.29 is 0 Å². The Morgan fingerprint density at radius 1 is 1.31 bits per heavy atom. The summed E-state index contributed by atoms with van der Waals surface area (Å²) in [7, 11) is 0. The van der Waals surface area contributed by atoms with Crippen molar-refractivity contribution in [2.75, 3.05) is 5.73 Å². The molecule has 16 heavy (non-hydrogen) atoms. The van der Waals surface area contributed by atoms with E-state index in [1.165, 1.54) is 11.5 Å². The van der Waals surface area contributed by atoms with E-state index in [9.17, 15) is 0 Å². The molecule has 2 rings (SSSR count). The molecule has 0 aliphatic carbocycles. The number of nitrogens with two attached hydrogens (primary N) is 1. The van der Waals surface area contributed by atoms with Crippen LogP contribution < -0.4 is 5.73 Å². The van der Waals surface area contributed by atoms with Gasteiger partial charge in [0, 0.05) is 22.2 Å². The van der Waals surface area contributed by atoms with E-state index in [2.05, 4.69) is 9.59 Å². The summed E-state index contributed by atoms with van der Waals surface area (Å²) in [5.74, 6) is 0.681. The molecule has 0 bridgehead atoms. The fraction of sp³-hybridized carbons (Fsp3) is 0.111. The molecule has 84 valence electrons. The fourth-order valence-electron chi connectivity index (χ4n) is 1.03. The Balaban J connectivity index is 2.05. The smallest absolute Gasteiger partial charge is 0.131 e. The van der Waals surface area contributed by atoms with Gasteiger partial charge < -0.3 is 5.73 Å². The molecule has 0 fully saturated rings. The number of anilines is 1. The van der Waals surface area contributed by atoms with Crippen LogP contribution >= 0.6 is 46.5 Å². The van der Waals surface area contributed by atoms with E-state index in [1.54, 1.807) is 17.8 Å². The van der Waals surface area contributed by atoms with Gasteiger partial charge in [0.25, 0.3) is 0 Å². The molecule has 1 heterocycles. The van der Waals surface area contributed by atoms with Gasteiger partial charge in [0.1, 0.15) is 10.7 Å². The van der Waals surface area contributed by atoms with Crippen LogP contribution in [0.1, 0.15) is 5.69 Å². The third kappa shape index (κ3) is 2.79. The Bertz CT molecular complexity index is 501. The van der Waals surface area contributed by atoms with Crippen molar-refractivity contribution in [3.8, 4) is 0 Å². The maximum atomic E-state index is 5.91. The summed E-state index contributed by atoms with van der Waals surface area (Å²) in [6.45, 7) is 0. The minimum absolute atomic E-state index is 0.552. The Morgan fingerprint density at radius 3 is 2.75 bits per heavy atom. The Kier molecular flexibility index (Phi) is 3.91. The lowest BCUT2D eigenvalue weighted by Gasteiger charge is -2.01. The number of halogens is 2. The topological polar surface area (TPSA) is 51.8 Å². The molecule has 0 amide bonds. The van der Waals surface area contributed by atoms with E-state index in [0.29, 0.717) is 20.8 Å². The van der Waals surface area contributed by atoms with Gasteiger partial charge in [-0.05, 0) is 18.2 Å². The molecule has 0 saturated carbocycles. The van der Waals surface area contributed by atoms with Crippen molar-refractivity contribution in [3.05, 3.63) is 33.9 Å². The monoisotopic (exact) mass is 291 g/mol. The van der Waals surface area contributed by atoms with E-state index in [4.69, 9.17) is 28.9 Å². The number of aromatic nitrogens is 2. The lowest BCUT2D eigenvalue weighted by Crippen LogP contribution is -1.88. The number of benzene rings is 1. The van der Waals surface area contributed by atoms with Crippen molar-refractivity contribution in [2.24, 2.45) is 0 Å². The summed E-state index contributed by atoms with van der Waals surface area (Å²) in [6.07, 6.45) is 0. The zero-order valence-electron chi connectivity index (χ0n) is 7.98. The predicted octanol–water partition coefficient (Wildman–Crippen LogP) is 3.72. The number of hydrogen-bond acceptors (Lipinski definition) is 5. The first-order valence-corrected chi connectivity index (χ1v) is 6.83. The highest BCUT2D eigenvalue weighted by Crippen LogP contribution is 2.30. The number of hydrogen-bond donors (Lipinski definition) is 1. The van der Waals surface area contributed by atoms with Crippen molar-refractivity contribution in [1.82, 2.24) is 9.59 Å². The second-order valence-electron chi connectivity index (χ2n) is 2.95. The van der Waals surface area contributed by atoms with Crippen LogP contribution in [0.3, 0.4) is 0 Å². The quantitative estimate of drug-likeness (QED) is 0.876. The van der Waals surface area contributed by atoms with Crippen molar-refractivity contribution in [2.45, 2.75) is 10.6 Å². The summed E-state index contributed by atoms with van der Waals surface area (Å²) < 4.78 is 3.77. The van der Waals surface area contributed by atoms with Gasteiger partial charge in [-0.15, -0.1) is 16.9 Å². The third-order valence-electron chi connectivity index (χ3n) is 1.85. The fourth-order valence-corrected chi connectivity index (χ4v) is 2.82. The molecule has 0 spiro atoms. The summed E-state index contributed by atoms with van der Waals surface area (Å²) in [5.41, 5.74) is 6.50. The largest absolute Gasteiger partial charge is 0.388 e. The SMILES string of the molecule is Nc1snnc1CSc1ccc(Cl)c(Cl)c1. The molecular formula is C9H7Cl2N3S2. The van der Waals surface area contributed by atoms with E-state index in [-0.39, 0.29) is 0 Å². The lowest BCUT2D eigenvalue weighted by atomic mass is 10.4. The van der Waals surface area contributed by atoms with Crippen LogP contribution in [0.4, 0.5) is 5.00 Å². The van der Waals surface area contributed by atoms with Crippen LogP contribution in [0, 0.1) is 0 Å². The van der Waals surface area contributed by atoms with Crippen molar-refractivity contribution in [1.29, 1.82) is 0 Å². The highest BCUT2D eigenvalue weighted by atomic mass is 35.5. The average Bonchev–Trinajstić information content (AvgIpc) is 2.66. The van der Waals surface area contributed by atoms with Gasteiger partial charge >= 0.3 is 0 Å². The summed E-state index contributed by atoms with van der Waals surface area (Å²) in [5, 5.41) is 5.70. The van der Waals surface area contributed by atoms with Crippen LogP contribution in [0.25, 0.3) is 0 Å². The molecule has 0 aliphatic rings. The molecule has 0 atom stereocenters. The lowest BCUT2D eigenvalue weighted by molar-refractivity contribution is 1.08. The molecular weight excluding hydrogens is 285 g/mol. The normalized spacial score (nSPS) is 10.6. The van der Waals surface area contributed by atoms with Gasteiger partial charge in [0.2, 0.25) is 0 Å². The number of nitrogen functional groups attached to an aromatic ring is 1. The highest BCUT2D eigenvalue weighted by Gasteiger charge is 2.06. The van der Waals surface area contributed by atoms with Crippen LogP contribution in [0.5, 0.6) is 0 Å². The number of thioether (sulfide) groups is 1. The van der Waals surface area contributed by atoms with Crippen LogP contribution in [-0.2, 0) is 5.75 Å². The van der Waals surface area contributed by atoms with Crippen LogP contribution in [-0.4, -0.2) is 9.59 Å². The summed E-state index contributed by atoms with van der Waals surface area (Å²) >= 11 is 14.5. The number of rotatable bonds is 3. The second-order valence-corrected chi connectivity index (χ2v) is 5.60. The van der Waals surface area contributed by atoms with E-state index >= 15 is 0 Å². The van der Waals surface area contributed by atoms with Gasteiger partial charge in [-0.1, -0.05) is 27.7 Å². The molecule has 3 nitrogen and oxygen atoms in total. The van der Waals surface area contributed by atoms with Gasteiger partial charge in [-0.25, -0.2) is 0 Å². The zero-order chi connectivity index (χ0) is 11.5. The standard InChI is InChI=1S/C9H7Cl2N3S2/c10-6-2-1-5(3-7(6)11)15-4-8-9(12)16-14-13-8/h1-3H,4,12H2. The molecule has 1 aromatic heterocycles. The minimum atomic E-state index is 0.552. The summed E-state index contributed by atoms with van der Waals surface area (Å²) in [4.78, 5) is 1.03. The van der Waals surface area contributed by atoms with E-state index < -0.39 is 0 Å². The van der Waals surface area contributed by atoms with Crippen molar-refractivity contribution >= 4 is 51.5 Å². The molecule has 0 radical (unpaired) electrons. The minimum Gasteiger partial charge on any atom is -0.388 e. The first kappa shape index (κ1) is 12.0. The number of nitrogens with zero attached hydrogens (tertiary/aromatic N) is 2. The van der Waals surface area contributed by atoms with Gasteiger partial charge in [-0.2, -0.15) is 0 Å². The van der Waals surface area contributed by atoms with Gasteiger partial charge in [0.05, 0.1) is 10.0 Å². The van der Waals surface area contributed by atoms with E-state index in [0.717, 1.165) is 10.6 Å². The van der Waals surface area contributed by atoms with Crippen LogP contribution in [0.2, 0.25) is 10.0 Å². The van der Waals surface area contributed by atoms with Gasteiger partial charge in [-0.3, -0.25) is 0 Å². The first-order valence-electron chi connectivity index (χ1n) is 4.31. The Labute approximate surface area is 111 Å². The zero-order valence-corrected chi connectivity index (χ0v) is 11.1. The third-order valence-corrected chi connectivity index (χ3v) is 4.19. The molecule has 7 heteroatoms. The van der Waals surface area contributed by atoms with E-state index in [1.807, 2.05) is 12.1 Å². The van der Waals surface area contributed by atoms with Gasteiger partial charge in [0.15, 0.2) is 0 Å². The summed E-state index contributed by atoms with van der Waals surface area (Å²) in [6, 6.07) is 5.51. The molecule has 2 N–H and O–H groups in total. The maximum absolute atomic E-state index is 5.91. The predicted molar refractivity (Wildman–Crippen MR) is 70.3 cm³/mol. The first-order chi connectivity index (χ1) is 7.66. The molecule has 0 saturated heterocycles. The molecule has 2 aromatic rings. The average molecular weight is 292 g/mol.